The Bertz CT molecular complexity index is 1210. The van der Waals surface area contributed by atoms with Gasteiger partial charge in [-0.15, -0.1) is 0 Å². The first-order chi connectivity index (χ1) is 15.7. The highest BCUT2D eigenvalue weighted by Crippen LogP contribution is 2.23. The number of rotatable bonds is 7. The lowest BCUT2D eigenvalue weighted by Crippen LogP contribution is -2.34. The summed E-state index contributed by atoms with van der Waals surface area (Å²) in [6, 6.07) is 21.7. The van der Waals surface area contributed by atoms with Crippen LogP contribution in [0.15, 0.2) is 83.8 Å². The van der Waals surface area contributed by atoms with Crippen LogP contribution in [0.2, 0.25) is 0 Å². The molecule has 33 heavy (non-hydrogen) atoms. The van der Waals surface area contributed by atoms with Crippen molar-refractivity contribution in [3.05, 3.63) is 84.4 Å². The van der Waals surface area contributed by atoms with Gasteiger partial charge in [-0.05, 0) is 86.7 Å². The first-order valence-electron chi connectivity index (χ1n) is 10.2. The molecule has 0 unspecified atom stereocenters. The maximum absolute atomic E-state index is 12.9. The minimum Gasteiger partial charge on any atom is -0.491 e. The van der Waals surface area contributed by atoms with Gasteiger partial charge in [-0.25, -0.2) is 8.42 Å². The molecule has 0 spiro atoms. The van der Waals surface area contributed by atoms with Gasteiger partial charge < -0.3 is 10.1 Å². The van der Waals surface area contributed by atoms with Crippen molar-refractivity contribution in [2.75, 3.05) is 16.7 Å². The van der Waals surface area contributed by atoms with Crippen LogP contribution in [0, 0.1) is 0 Å². The predicted octanol–water partition coefficient (Wildman–Crippen LogP) is 4.43. The number of hydrogen-bond acceptors (Lipinski definition) is 5. The molecule has 0 aliphatic rings. The molecular weight excluding hydrogens is 458 g/mol. The smallest absolute Gasteiger partial charge is 0.264 e. The molecule has 0 radical (unpaired) electrons. The van der Waals surface area contributed by atoms with Crippen LogP contribution in [0.25, 0.3) is 0 Å². The van der Waals surface area contributed by atoms with E-state index in [2.05, 4.69) is 10.6 Å². The molecular formula is C24H25N3O4S2. The van der Waals surface area contributed by atoms with Crippen LogP contribution in [-0.2, 0) is 10.0 Å². The monoisotopic (exact) mass is 483 g/mol. The molecule has 0 atom stereocenters. The Morgan fingerprint density at radius 3 is 2.12 bits per heavy atom. The Morgan fingerprint density at radius 2 is 1.55 bits per heavy atom. The molecule has 0 aliphatic carbocycles. The van der Waals surface area contributed by atoms with Crippen molar-refractivity contribution in [3.8, 4) is 5.75 Å². The molecule has 0 saturated carbocycles. The maximum atomic E-state index is 12.9. The van der Waals surface area contributed by atoms with Gasteiger partial charge in [-0.2, -0.15) is 0 Å². The fourth-order valence-electron chi connectivity index (χ4n) is 2.94. The van der Waals surface area contributed by atoms with Crippen molar-refractivity contribution < 1.29 is 17.9 Å². The maximum Gasteiger partial charge on any atom is 0.264 e. The van der Waals surface area contributed by atoms with E-state index in [0.717, 1.165) is 0 Å². The van der Waals surface area contributed by atoms with Gasteiger partial charge in [-0.3, -0.25) is 14.4 Å². The highest BCUT2D eigenvalue weighted by molar-refractivity contribution is 7.92. The number of sulfonamides is 1. The summed E-state index contributed by atoms with van der Waals surface area (Å²) >= 11 is 5.21. The van der Waals surface area contributed by atoms with E-state index in [4.69, 9.17) is 17.0 Å². The normalized spacial score (nSPS) is 11.0. The molecule has 0 saturated heterocycles. The summed E-state index contributed by atoms with van der Waals surface area (Å²) in [6.45, 7) is 3.85. The molecule has 2 N–H and O–H groups in total. The van der Waals surface area contributed by atoms with Gasteiger partial charge >= 0.3 is 0 Å². The quantitative estimate of drug-likeness (QED) is 0.484. The number of ether oxygens (including phenoxy) is 1. The molecule has 7 nitrogen and oxygen atoms in total. The minimum absolute atomic E-state index is 0.0431. The number of anilines is 2. The number of nitrogens with zero attached hydrogens (tertiary/aromatic N) is 1. The largest absolute Gasteiger partial charge is 0.491 e. The molecule has 0 aliphatic heterocycles. The van der Waals surface area contributed by atoms with E-state index >= 15 is 0 Å². The highest BCUT2D eigenvalue weighted by Gasteiger charge is 2.21. The summed E-state index contributed by atoms with van der Waals surface area (Å²) in [5.41, 5.74) is 1.54. The van der Waals surface area contributed by atoms with Gasteiger partial charge in [0.1, 0.15) is 5.75 Å². The van der Waals surface area contributed by atoms with Crippen molar-refractivity contribution in [3.63, 3.8) is 0 Å². The average Bonchev–Trinajstić information content (AvgIpc) is 2.79. The number of amides is 1. The van der Waals surface area contributed by atoms with Gasteiger partial charge in [-0.1, -0.05) is 18.2 Å². The number of thiocarbonyl (C=S) groups is 1. The van der Waals surface area contributed by atoms with Crippen molar-refractivity contribution >= 4 is 44.6 Å². The fourth-order valence-corrected chi connectivity index (χ4v) is 4.35. The van der Waals surface area contributed by atoms with Gasteiger partial charge in [0, 0.05) is 18.3 Å². The third-order valence-corrected chi connectivity index (χ3v) is 6.61. The van der Waals surface area contributed by atoms with Crippen molar-refractivity contribution in [1.82, 2.24) is 5.32 Å². The predicted molar refractivity (Wildman–Crippen MR) is 134 cm³/mol. The van der Waals surface area contributed by atoms with Crippen molar-refractivity contribution in [1.29, 1.82) is 0 Å². The number of nitrogens with one attached hydrogen (secondary N) is 2. The fraction of sp³-hybridized carbons (Fsp3) is 0.167. The summed E-state index contributed by atoms with van der Waals surface area (Å²) in [4.78, 5) is 12.5. The lowest BCUT2D eigenvalue weighted by Gasteiger charge is -2.19. The van der Waals surface area contributed by atoms with Crippen LogP contribution < -0.4 is 19.7 Å². The molecule has 3 rings (SSSR count). The van der Waals surface area contributed by atoms with E-state index in [9.17, 15) is 13.2 Å². The minimum atomic E-state index is -3.71. The molecule has 0 bridgehead atoms. The third kappa shape index (κ3) is 6.30. The average molecular weight is 484 g/mol. The second kappa shape index (κ2) is 10.5. The SMILES string of the molecule is CC(C)Oc1ccc(C(=O)NC(=S)Nc2ccc(S(=O)(=O)N(C)c3ccccc3)cc2)cc1. The van der Waals surface area contributed by atoms with Crippen molar-refractivity contribution in [2.24, 2.45) is 0 Å². The Morgan fingerprint density at radius 1 is 0.939 bits per heavy atom. The van der Waals surface area contributed by atoms with Crippen LogP contribution in [-0.4, -0.2) is 32.6 Å². The van der Waals surface area contributed by atoms with Crippen LogP contribution in [0.1, 0.15) is 24.2 Å². The second-order valence-electron chi connectivity index (χ2n) is 7.43. The Labute approximate surface area is 199 Å². The Balaban J connectivity index is 1.61. The summed E-state index contributed by atoms with van der Waals surface area (Å²) in [5, 5.41) is 5.59. The van der Waals surface area contributed by atoms with Crippen LogP contribution in [0.5, 0.6) is 5.75 Å². The highest BCUT2D eigenvalue weighted by atomic mass is 32.2. The van der Waals surface area contributed by atoms with Gasteiger partial charge in [0.25, 0.3) is 15.9 Å². The lowest BCUT2D eigenvalue weighted by atomic mass is 10.2. The molecule has 0 fully saturated rings. The number of carbonyl (C=O) groups excluding carboxylic acids is 1. The van der Waals surface area contributed by atoms with E-state index in [1.165, 1.54) is 23.5 Å². The first-order valence-corrected chi connectivity index (χ1v) is 12.0. The molecule has 3 aromatic carbocycles. The topological polar surface area (TPSA) is 87.7 Å². The molecule has 0 heterocycles. The molecule has 0 aromatic heterocycles. The number of hydrogen-bond donors (Lipinski definition) is 2. The summed E-state index contributed by atoms with van der Waals surface area (Å²) in [5.74, 6) is 0.308. The van der Waals surface area contributed by atoms with Crippen LogP contribution >= 0.6 is 12.2 Å². The zero-order valence-electron chi connectivity index (χ0n) is 18.5. The number of para-hydroxylation sites is 1. The summed E-state index contributed by atoms with van der Waals surface area (Å²) < 4.78 is 32.5. The van der Waals surface area contributed by atoms with E-state index in [0.29, 0.717) is 22.7 Å². The molecule has 172 valence electrons. The van der Waals surface area contributed by atoms with E-state index in [1.54, 1.807) is 60.7 Å². The second-order valence-corrected chi connectivity index (χ2v) is 9.81. The van der Waals surface area contributed by atoms with Gasteiger partial charge in [0.2, 0.25) is 0 Å². The third-order valence-electron chi connectivity index (χ3n) is 4.61. The number of carbonyl (C=O) groups is 1. The van der Waals surface area contributed by atoms with E-state index < -0.39 is 10.0 Å². The van der Waals surface area contributed by atoms with Gasteiger partial charge in [0.15, 0.2) is 5.11 Å². The van der Waals surface area contributed by atoms with Crippen molar-refractivity contribution in [2.45, 2.75) is 24.8 Å². The van der Waals surface area contributed by atoms with E-state index in [1.807, 2.05) is 19.9 Å². The zero-order valence-corrected chi connectivity index (χ0v) is 20.1. The van der Waals surface area contributed by atoms with Crippen LogP contribution in [0.3, 0.4) is 0 Å². The number of benzene rings is 3. The molecule has 9 heteroatoms. The summed E-state index contributed by atoms with van der Waals surface area (Å²) in [6.07, 6.45) is 0.0431. The Hall–Kier alpha value is -3.43. The molecule has 3 aromatic rings. The zero-order chi connectivity index (χ0) is 24.0. The van der Waals surface area contributed by atoms with E-state index in [-0.39, 0.29) is 22.0 Å². The lowest BCUT2D eigenvalue weighted by molar-refractivity contribution is 0.0977. The summed E-state index contributed by atoms with van der Waals surface area (Å²) in [7, 11) is -2.21. The Kier molecular flexibility index (Phi) is 7.67. The van der Waals surface area contributed by atoms with Crippen LogP contribution in [0.4, 0.5) is 11.4 Å². The standard InChI is InChI=1S/C24H25N3O4S2/c1-17(2)31-21-13-9-18(10-14-21)23(28)26-24(32)25-19-11-15-22(16-12-19)33(29,30)27(3)20-7-5-4-6-8-20/h4-17H,1-3H3,(H2,25,26,28,32). The first kappa shape index (κ1) is 24.2. The van der Waals surface area contributed by atoms with Gasteiger partial charge in [0.05, 0.1) is 16.7 Å². The molecule has 1 amide bonds.